The van der Waals surface area contributed by atoms with Crippen molar-refractivity contribution in [1.29, 1.82) is 0 Å². The summed E-state index contributed by atoms with van der Waals surface area (Å²) in [7, 11) is 0. The molecule has 1 aromatic heterocycles. The van der Waals surface area contributed by atoms with Gasteiger partial charge in [0.05, 0.1) is 15.2 Å². The molecule has 0 bridgehead atoms. The minimum absolute atomic E-state index is 0.244. The van der Waals surface area contributed by atoms with E-state index in [1.807, 2.05) is 24.3 Å². The first-order chi connectivity index (χ1) is 8.70. The van der Waals surface area contributed by atoms with Gasteiger partial charge in [0, 0.05) is 18.2 Å². The smallest absolute Gasteiger partial charge is 0.125 e. The molecule has 2 nitrogen and oxygen atoms in total. The third-order valence-electron chi connectivity index (χ3n) is 2.73. The van der Waals surface area contributed by atoms with Crippen molar-refractivity contribution < 1.29 is 4.39 Å². The van der Waals surface area contributed by atoms with E-state index in [0.29, 0.717) is 0 Å². The van der Waals surface area contributed by atoms with Crippen molar-refractivity contribution >= 4 is 27.2 Å². The molecule has 0 saturated heterocycles. The van der Waals surface area contributed by atoms with Crippen molar-refractivity contribution in [2.24, 2.45) is 0 Å². The maximum absolute atomic E-state index is 13.1. The predicted molar refractivity (Wildman–Crippen MR) is 73.2 cm³/mol. The van der Waals surface area contributed by atoms with Crippen molar-refractivity contribution in [2.45, 2.75) is 6.42 Å². The van der Waals surface area contributed by atoms with Gasteiger partial charge in [0.1, 0.15) is 5.82 Å². The molecule has 0 unspecified atom stereocenters. The fraction of sp³-hybridized carbons (Fsp3) is 0.0714. The van der Waals surface area contributed by atoms with Gasteiger partial charge in [0.15, 0.2) is 0 Å². The first-order valence-corrected chi connectivity index (χ1v) is 6.42. The van der Waals surface area contributed by atoms with Gasteiger partial charge in [-0.1, -0.05) is 12.1 Å². The zero-order chi connectivity index (χ0) is 12.5. The minimum atomic E-state index is -0.244. The molecule has 2 aromatic carbocycles. The molecule has 0 aliphatic carbocycles. The molecule has 90 valence electrons. The molecule has 0 fully saturated rings. The van der Waals surface area contributed by atoms with Crippen molar-refractivity contribution in [1.82, 2.24) is 4.98 Å². The van der Waals surface area contributed by atoms with Gasteiger partial charge in [-0.2, -0.15) is 0 Å². The molecule has 18 heavy (non-hydrogen) atoms. The SMILES string of the molecule is Nc1ccc(Cc2nc3cc(F)ccc3s2)cc1. The molecule has 2 N–H and O–H groups in total. The maximum Gasteiger partial charge on any atom is 0.125 e. The molecule has 0 amide bonds. The first-order valence-electron chi connectivity index (χ1n) is 5.60. The number of hydrogen-bond acceptors (Lipinski definition) is 3. The molecule has 3 rings (SSSR count). The quantitative estimate of drug-likeness (QED) is 0.713. The van der Waals surface area contributed by atoms with Gasteiger partial charge >= 0.3 is 0 Å². The summed E-state index contributed by atoms with van der Waals surface area (Å²) in [6, 6.07) is 12.4. The highest BCUT2D eigenvalue weighted by Crippen LogP contribution is 2.24. The first kappa shape index (κ1) is 11.2. The van der Waals surface area contributed by atoms with Gasteiger partial charge in [-0.05, 0) is 29.8 Å². The number of halogens is 1. The van der Waals surface area contributed by atoms with E-state index in [4.69, 9.17) is 5.73 Å². The van der Waals surface area contributed by atoms with Crippen LogP contribution in [0.15, 0.2) is 42.5 Å². The highest BCUT2D eigenvalue weighted by atomic mass is 32.1. The summed E-state index contributed by atoms with van der Waals surface area (Å²) in [4.78, 5) is 4.44. The fourth-order valence-corrected chi connectivity index (χ4v) is 2.82. The van der Waals surface area contributed by atoms with Crippen molar-refractivity contribution in [3.8, 4) is 0 Å². The number of nitrogens with two attached hydrogens (primary N) is 1. The number of aromatic nitrogens is 1. The standard InChI is InChI=1S/C14H11FN2S/c15-10-3-6-13-12(8-10)17-14(18-13)7-9-1-4-11(16)5-2-9/h1-6,8H,7,16H2. The van der Waals surface area contributed by atoms with Crippen LogP contribution in [0.25, 0.3) is 10.2 Å². The summed E-state index contributed by atoms with van der Waals surface area (Å²) in [6.07, 6.45) is 0.751. The van der Waals surface area contributed by atoms with Crippen LogP contribution in [-0.4, -0.2) is 4.98 Å². The Morgan fingerprint density at radius 2 is 1.89 bits per heavy atom. The topological polar surface area (TPSA) is 38.9 Å². The van der Waals surface area contributed by atoms with Gasteiger partial charge in [-0.25, -0.2) is 9.37 Å². The third-order valence-corrected chi connectivity index (χ3v) is 3.77. The Hall–Kier alpha value is -1.94. The molecule has 0 atom stereocenters. The minimum Gasteiger partial charge on any atom is -0.399 e. The van der Waals surface area contributed by atoms with E-state index in [0.717, 1.165) is 32.9 Å². The number of anilines is 1. The Morgan fingerprint density at radius 3 is 2.67 bits per heavy atom. The number of thiazole rings is 1. The van der Waals surface area contributed by atoms with Crippen LogP contribution < -0.4 is 5.73 Å². The lowest BCUT2D eigenvalue weighted by molar-refractivity contribution is 0.629. The zero-order valence-electron chi connectivity index (χ0n) is 9.56. The number of nitrogens with zero attached hydrogens (tertiary/aromatic N) is 1. The summed E-state index contributed by atoms with van der Waals surface area (Å²) in [6.45, 7) is 0. The fourth-order valence-electron chi connectivity index (χ4n) is 1.83. The van der Waals surface area contributed by atoms with Crippen LogP contribution in [0.4, 0.5) is 10.1 Å². The highest BCUT2D eigenvalue weighted by Gasteiger charge is 2.05. The van der Waals surface area contributed by atoms with Gasteiger partial charge < -0.3 is 5.73 Å². The zero-order valence-corrected chi connectivity index (χ0v) is 10.4. The molecule has 1 heterocycles. The lowest BCUT2D eigenvalue weighted by Gasteiger charge is -1.98. The predicted octanol–water partition coefficient (Wildman–Crippen LogP) is 3.61. The second-order valence-corrected chi connectivity index (χ2v) is 5.25. The highest BCUT2D eigenvalue weighted by molar-refractivity contribution is 7.18. The Labute approximate surface area is 108 Å². The molecule has 3 aromatic rings. The van der Waals surface area contributed by atoms with Gasteiger partial charge in [-0.15, -0.1) is 11.3 Å². The summed E-state index contributed by atoms with van der Waals surface area (Å²) in [5.41, 5.74) is 8.28. The van der Waals surface area contributed by atoms with Crippen LogP contribution in [-0.2, 0) is 6.42 Å². The van der Waals surface area contributed by atoms with Crippen molar-refractivity contribution in [3.05, 3.63) is 58.9 Å². The van der Waals surface area contributed by atoms with Crippen LogP contribution in [0, 0.1) is 5.82 Å². The van der Waals surface area contributed by atoms with E-state index in [1.165, 1.54) is 12.1 Å². The Kier molecular flexibility index (Phi) is 2.72. The molecular formula is C14H11FN2S. The Morgan fingerprint density at radius 1 is 1.11 bits per heavy atom. The summed E-state index contributed by atoms with van der Waals surface area (Å²) >= 11 is 1.60. The lowest BCUT2D eigenvalue weighted by atomic mass is 10.1. The van der Waals surface area contributed by atoms with Crippen LogP contribution in [0.1, 0.15) is 10.6 Å². The van der Waals surface area contributed by atoms with Gasteiger partial charge in [-0.3, -0.25) is 0 Å². The number of nitrogen functional groups attached to an aromatic ring is 1. The van der Waals surface area contributed by atoms with E-state index in [9.17, 15) is 4.39 Å². The Balaban J connectivity index is 1.92. The summed E-state index contributed by atoms with van der Waals surface area (Å²) in [5.74, 6) is -0.244. The van der Waals surface area contributed by atoms with E-state index in [-0.39, 0.29) is 5.82 Å². The van der Waals surface area contributed by atoms with Gasteiger partial charge in [0.25, 0.3) is 0 Å². The van der Waals surface area contributed by atoms with Crippen molar-refractivity contribution in [3.63, 3.8) is 0 Å². The van der Waals surface area contributed by atoms with E-state index in [2.05, 4.69) is 4.98 Å². The average molecular weight is 258 g/mol. The van der Waals surface area contributed by atoms with Crippen LogP contribution in [0.3, 0.4) is 0 Å². The van der Waals surface area contributed by atoms with Crippen LogP contribution in [0.5, 0.6) is 0 Å². The van der Waals surface area contributed by atoms with Crippen LogP contribution >= 0.6 is 11.3 Å². The molecule has 0 aliphatic heterocycles. The number of fused-ring (bicyclic) bond motifs is 1. The molecule has 4 heteroatoms. The summed E-state index contributed by atoms with van der Waals surface area (Å²) < 4.78 is 14.1. The average Bonchev–Trinajstić information content (AvgIpc) is 2.73. The van der Waals surface area contributed by atoms with E-state index >= 15 is 0 Å². The number of hydrogen-bond donors (Lipinski definition) is 1. The second kappa shape index (κ2) is 4.38. The summed E-state index contributed by atoms with van der Waals surface area (Å²) in [5, 5.41) is 0.986. The monoisotopic (exact) mass is 258 g/mol. The third kappa shape index (κ3) is 2.19. The van der Waals surface area contributed by atoms with E-state index in [1.54, 1.807) is 17.4 Å². The molecule has 0 radical (unpaired) electrons. The van der Waals surface area contributed by atoms with Crippen molar-refractivity contribution in [2.75, 3.05) is 5.73 Å². The normalized spacial score (nSPS) is 10.9. The molecule has 0 spiro atoms. The maximum atomic E-state index is 13.1. The Bertz CT molecular complexity index is 689. The lowest BCUT2D eigenvalue weighted by Crippen LogP contribution is -1.88. The molecular weight excluding hydrogens is 247 g/mol. The van der Waals surface area contributed by atoms with E-state index < -0.39 is 0 Å². The molecule has 0 aliphatic rings. The van der Waals surface area contributed by atoms with Gasteiger partial charge in [0.2, 0.25) is 0 Å². The second-order valence-electron chi connectivity index (χ2n) is 4.14. The van der Waals surface area contributed by atoms with Crippen LogP contribution in [0.2, 0.25) is 0 Å². The number of rotatable bonds is 2. The largest absolute Gasteiger partial charge is 0.399 e. The number of benzene rings is 2. The molecule has 0 saturated carbocycles.